The van der Waals surface area contributed by atoms with Gasteiger partial charge in [-0.3, -0.25) is 14.6 Å². The Morgan fingerprint density at radius 2 is 1.78 bits per heavy atom. The Kier molecular flexibility index (Phi) is 7.07. The van der Waals surface area contributed by atoms with E-state index in [0.717, 1.165) is 58.0 Å². The minimum atomic E-state index is -0.122. The van der Waals surface area contributed by atoms with Gasteiger partial charge in [0.2, 0.25) is 5.91 Å². The second-order valence-corrected chi connectivity index (χ2v) is 7.81. The zero-order valence-corrected chi connectivity index (χ0v) is 16.2. The number of hydrogen-bond acceptors (Lipinski definition) is 5. The number of piperidine rings is 1. The van der Waals surface area contributed by atoms with Crippen molar-refractivity contribution < 1.29 is 14.3 Å². The lowest BCUT2D eigenvalue weighted by Gasteiger charge is -2.34. The summed E-state index contributed by atoms with van der Waals surface area (Å²) in [5, 5.41) is 3.28. The quantitative estimate of drug-likeness (QED) is 0.776. The second kappa shape index (κ2) is 9.72. The van der Waals surface area contributed by atoms with Crippen LogP contribution in [-0.2, 0) is 14.3 Å². The van der Waals surface area contributed by atoms with Crippen molar-refractivity contribution in [2.24, 2.45) is 11.8 Å². The van der Waals surface area contributed by atoms with Gasteiger partial charge in [-0.2, -0.15) is 0 Å². The Labute approximate surface area is 161 Å². The van der Waals surface area contributed by atoms with Crippen LogP contribution in [0.2, 0.25) is 0 Å². The summed E-state index contributed by atoms with van der Waals surface area (Å²) in [7, 11) is 1.44. The predicted octanol–water partition coefficient (Wildman–Crippen LogP) is 2.93. The monoisotopic (exact) mass is 373 g/mol. The number of amides is 1. The van der Waals surface area contributed by atoms with Gasteiger partial charge < -0.3 is 15.0 Å². The molecule has 6 heteroatoms. The van der Waals surface area contributed by atoms with E-state index in [-0.39, 0.29) is 17.8 Å². The van der Waals surface area contributed by atoms with Crippen LogP contribution >= 0.6 is 0 Å². The van der Waals surface area contributed by atoms with Crippen LogP contribution in [0.1, 0.15) is 51.4 Å². The Bertz CT molecular complexity index is 606. The number of anilines is 1. The average Bonchev–Trinajstić information content (AvgIpc) is 2.73. The first-order chi connectivity index (χ1) is 13.2. The molecule has 1 saturated heterocycles. The number of aromatic nitrogens is 1. The molecule has 0 unspecified atom stereocenters. The van der Waals surface area contributed by atoms with Gasteiger partial charge in [-0.15, -0.1) is 0 Å². The largest absolute Gasteiger partial charge is 0.469 e. The van der Waals surface area contributed by atoms with E-state index in [1.165, 1.54) is 12.8 Å². The Balaban J connectivity index is 1.36. The van der Waals surface area contributed by atoms with Crippen LogP contribution in [0.15, 0.2) is 24.5 Å². The standard InChI is InChI=1S/C21H31N3O3/c1-27-20(25)7-4-16-2-5-18(6-3-16)23-21(26)17-10-14-24(15-11-17)19-8-12-22-13-9-19/h8-9,12-13,16-18H,2-7,10-11,14-15H2,1H3,(H,23,26)/t16-,18-. The van der Waals surface area contributed by atoms with Crippen LogP contribution in [0.4, 0.5) is 5.69 Å². The summed E-state index contributed by atoms with van der Waals surface area (Å²) in [5.74, 6) is 0.812. The summed E-state index contributed by atoms with van der Waals surface area (Å²) in [6.07, 6.45) is 11.1. The number of pyridine rings is 1. The van der Waals surface area contributed by atoms with Crippen molar-refractivity contribution in [3.63, 3.8) is 0 Å². The first-order valence-corrected chi connectivity index (χ1v) is 10.2. The highest BCUT2D eigenvalue weighted by Crippen LogP contribution is 2.29. The average molecular weight is 373 g/mol. The molecule has 2 fully saturated rings. The summed E-state index contributed by atoms with van der Waals surface area (Å²) < 4.78 is 4.72. The van der Waals surface area contributed by atoms with Crippen LogP contribution < -0.4 is 10.2 Å². The van der Waals surface area contributed by atoms with Crippen molar-refractivity contribution in [2.45, 2.75) is 57.4 Å². The number of nitrogens with zero attached hydrogens (tertiary/aromatic N) is 2. The molecule has 1 aliphatic heterocycles. The lowest BCUT2D eigenvalue weighted by Crippen LogP contribution is -2.45. The van der Waals surface area contributed by atoms with Gasteiger partial charge in [-0.25, -0.2) is 0 Å². The van der Waals surface area contributed by atoms with E-state index in [0.29, 0.717) is 18.4 Å². The molecule has 27 heavy (non-hydrogen) atoms. The molecule has 148 valence electrons. The molecule has 2 aliphatic rings. The van der Waals surface area contributed by atoms with Crippen molar-refractivity contribution in [3.8, 4) is 0 Å². The van der Waals surface area contributed by atoms with Crippen LogP contribution in [-0.4, -0.2) is 43.1 Å². The van der Waals surface area contributed by atoms with E-state index in [9.17, 15) is 9.59 Å². The predicted molar refractivity (Wildman–Crippen MR) is 104 cm³/mol. The summed E-state index contributed by atoms with van der Waals surface area (Å²) in [6, 6.07) is 4.35. The lowest BCUT2D eigenvalue weighted by atomic mass is 9.83. The molecule has 1 amide bonds. The number of ether oxygens (including phenoxy) is 1. The van der Waals surface area contributed by atoms with Gasteiger partial charge in [0.25, 0.3) is 0 Å². The molecule has 3 rings (SSSR count). The van der Waals surface area contributed by atoms with Gasteiger partial charge in [-0.1, -0.05) is 0 Å². The molecule has 1 aromatic heterocycles. The minimum absolute atomic E-state index is 0.122. The van der Waals surface area contributed by atoms with Gasteiger partial charge in [0.1, 0.15) is 0 Å². The molecule has 0 spiro atoms. The molecule has 0 radical (unpaired) electrons. The topological polar surface area (TPSA) is 71.5 Å². The van der Waals surface area contributed by atoms with Crippen LogP contribution in [0, 0.1) is 11.8 Å². The first-order valence-electron chi connectivity index (χ1n) is 10.2. The van der Waals surface area contributed by atoms with E-state index >= 15 is 0 Å². The maximum absolute atomic E-state index is 12.6. The number of carbonyl (C=O) groups is 2. The molecule has 1 N–H and O–H groups in total. The van der Waals surface area contributed by atoms with E-state index in [1.54, 1.807) is 0 Å². The lowest BCUT2D eigenvalue weighted by molar-refractivity contribution is -0.141. The van der Waals surface area contributed by atoms with Gasteiger partial charge in [0, 0.05) is 49.6 Å². The number of hydrogen-bond donors (Lipinski definition) is 1. The normalized spacial score (nSPS) is 23.7. The third kappa shape index (κ3) is 5.68. The van der Waals surface area contributed by atoms with Gasteiger partial charge in [0.05, 0.1) is 7.11 Å². The van der Waals surface area contributed by atoms with Gasteiger partial charge >= 0.3 is 5.97 Å². The van der Waals surface area contributed by atoms with Crippen LogP contribution in [0.25, 0.3) is 0 Å². The summed E-state index contributed by atoms with van der Waals surface area (Å²) >= 11 is 0. The molecule has 1 aliphatic carbocycles. The number of rotatable bonds is 6. The highest BCUT2D eigenvalue weighted by atomic mass is 16.5. The molecule has 0 bridgehead atoms. The fraction of sp³-hybridized carbons (Fsp3) is 0.667. The maximum Gasteiger partial charge on any atom is 0.305 e. The van der Waals surface area contributed by atoms with E-state index in [1.807, 2.05) is 24.5 Å². The number of esters is 1. The number of methoxy groups -OCH3 is 1. The van der Waals surface area contributed by atoms with Crippen LogP contribution in [0.5, 0.6) is 0 Å². The van der Waals surface area contributed by atoms with Crippen molar-refractivity contribution >= 4 is 17.6 Å². The zero-order chi connectivity index (χ0) is 19.1. The van der Waals surface area contributed by atoms with Crippen LogP contribution in [0.3, 0.4) is 0 Å². The highest BCUT2D eigenvalue weighted by molar-refractivity contribution is 5.79. The third-order valence-corrected chi connectivity index (χ3v) is 6.07. The summed E-state index contributed by atoms with van der Waals surface area (Å²) in [4.78, 5) is 30.3. The maximum atomic E-state index is 12.6. The number of carbonyl (C=O) groups excluding carboxylic acids is 2. The van der Waals surface area contributed by atoms with Gasteiger partial charge in [0.15, 0.2) is 0 Å². The molecular weight excluding hydrogens is 342 g/mol. The molecule has 2 heterocycles. The Morgan fingerprint density at radius 3 is 2.41 bits per heavy atom. The van der Waals surface area contributed by atoms with Crippen molar-refractivity contribution in [1.82, 2.24) is 10.3 Å². The molecule has 0 aromatic carbocycles. The molecule has 1 saturated carbocycles. The Hall–Kier alpha value is -2.11. The molecule has 1 aromatic rings. The Morgan fingerprint density at radius 1 is 1.11 bits per heavy atom. The van der Waals surface area contributed by atoms with E-state index < -0.39 is 0 Å². The van der Waals surface area contributed by atoms with E-state index in [2.05, 4.69) is 15.2 Å². The minimum Gasteiger partial charge on any atom is -0.469 e. The first kappa shape index (κ1) is 19.6. The number of nitrogens with one attached hydrogen (secondary N) is 1. The summed E-state index contributed by atoms with van der Waals surface area (Å²) in [5.41, 5.74) is 1.19. The smallest absolute Gasteiger partial charge is 0.305 e. The van der Waals surface area contributed by atoms with Crippen molar-refractivity contribution in [1.29, 1.82) is 0 Å². The fourth-order valence-corrected chi connectivity index (χ4v) is 4.29. The van der Waals surface area contributed by atoms with Crippen molar-refractivity contribution in [2.75, 3.05) is 25.1 Å². The molecule has 6 nitrogen and oxygen atoms in total. The van der Waals surface area contributed by atoms with Crippen molar-refractivity contribution in [3.05, 3.63) is 24.5 Å². The zero-order valence-electron chi connectivity index (χ0n) is 16.2. The third-order valence-electron chi connectivity index (χ3n) is 6.07. The fourth-order valence-electron chi connectivity index (χ4n) is 4.29. The highest BCUT2D eigenvalue weighted by Gasteiger charge is 2.28. The van der Waals surface area contributed by atoms with E-state index in [4.69, 9.17) is 4.74 Å². The SMILES string of the molecule is COC(=O)CC[C@H]1CC[C@H](NC(=O)C2CCN(c3ccncc3)CC2)CC1. The second-order valence-electron chi connectivity index (χ2n) is 7.81. The van der Waals surface area contributed by atoms with Gasteiger partial charge in [-0.05, 0) is 63.0 Å². The molecular formula is C21H31N3O3. The molecule has 0 atom stereocenters. The summed E-state index contributed by atoms with van der Waals surface area (Å²) in [6.45, 7) is 1.84.